The molecule has 0 bridgehead atoms. The Bertz CT molecular complexity index is 709. The molecular weight excluding hydrogens is 304 g/mol. The van der Waals surface area contributed by atoms with Crippen LogP contribution in [-0.2, 0) is 14.3 Å². The van der Waals surface area contributed by atoms with Gasteiger partial charge in [0, 0.05) is 12.1 Å². The number of nitrogens with one attached hydrogen (secondary N) is 1. The van der Waals surface area contributed by atoms with Gasteiger partial charge in [-0.05, 0) is 23.8 Å². The summed E-state index contributed by atoms with van der Waals surface area (Å²) in [6.07, 6.45) is 3.94. The molecular formula is C15H14N2O6. The first-order chi connectivity index (χ1) is 11.1. The number of methoxy groups -OCH3 is 1. The lowest BCUT2D eigenvalue weighted by atomic mass is 10.2. The number of phenols is 1. The molecule has 1 aromatic heterocycles. The molecule has 2 N–H and O–H groups in total. The molecule has 0 fully saturated rings. The second-order valence-corrected chi connectivity index (χ2v) is 4.31. The lowest BCUT2D eigenvalue weighted by Gasteiger charge is -2.04. The van der Waals surface area contributed by atoms with Crippen LogP contribution >= 0.6 is 0 Å². The predicted octanol–water partition coefficient (Wildman–Crippen LogP) is 1.58. The van der Waals surface area contributed by atoms with Crippen molar-refractivity contribution in [1.82, 2.24) is 5.16 Å². The number of carbonyl (C=O) groups excluding carboxylic acids is 2. The molecule has 0 unspecified atom stereocenters. The highest BCUT2D eigenvalue weighted by atomic mass is 16.5. The molecule has 1 heterocycles. The monoisotopic (exact) mass is 318 g/mol. The van der Waals surface area contributed by atoms with Crippen molar-refractivity contribution in [1.29, 1.82) is 0 Å². The number of nitrogens with zero attached hydrogens (tertiary/aromatic N) is 1. The van der Waals surface area contributed by atoms with Crippen molar-refractivity contribution in [3.63, 3.8) is 0 Å². The summed E-state index contributed by atoms with van der Waals surface area (Å²) < 4.78 is 14.3. The van der Waals surface area contributed by atoms with E-state index < -0.39 is 18.5 Å². The van der Waals surface area contributed by atoms with E-state index in [4.69, 9.17) is 9.47 Å². The zero-order chi connectivity index (χ0) is 16.7. The number of hydrogen-bond acceptors (Lipinski definition) is 7. The van der Waals surface area contributed by atoms with Gasteiger partial charge in [-0.2, -0.15) is 0 Å². The minimum absolute atomic E-state index is 0.00301. The second kappa shape index (κ2) is 7.64. The third kappa shape index (κ3) is 4.88. The van der Waals surface area contributed by atoms with Crippen LogP contribution in [0, 0.1) is 0 Å². The van der Waals surface area contributed by atoms with Crippen molar-refractivity contribution in [3.05, 3.63) is 42.2 Å². The van der Waals surface area contributed by atoms with Gasteiger partial charge in [0.25, 0.3) is 5.91 Å². The summed E-state index contributed by atoms with van der Waals surface area (Å²) in [6, 6.07) is 6.04. The lowest BCUT2D eigenvalue weighted by molar-refractivity contribution is -0.142. The quantitative estimate of drug-likeness (QED) is 0.614. The third-order valence-corrected chi connectivity index (χ3v) is 2.67. The number of ether oxygens (including phenoxy) is 2. The summed E-state index contributed by atoms with van der Waals surface area (Å²) in [5.74, 6) is -0.707. The molecule has 0 spiro atoms. The fourth-order valence-electron chi connectivity index (χ4n) is 1.60. The van der Waals surface area contributed by atoms with Crippen LogP contribution < -0.4 is 10.1 Å². The van der Waals surface area contributed by atoms with Gasteiger partial charge in [0.05, 0.1) is 7.11 Å². The van der Waals surface area contributed by atoms with Crippen LogP contribution in [-0.4, -0.2) is 35.9 Å². The fourth-order valence-corrected chi connectivity index (χ4v) is 1.60. The largest absolute Gasteiger partial charge is 0.504 e. The number of aromatic nitrogens is 1. The Kier molecular flexibility index (Phi) is 5.35. The van der Waals surface area contributed by atoms with E-state index in [1.54, 1.807) is 12.1 Å². The number of rotatable bonds is 6. The Morgan fingerprint density at radius 3 is 2.91 bits per heavy atom. The van der Waals surface area contributed by atoms with Crippen LogP contribution in [0.25, 0.3) is 6.08 Å². The molecule has 1 aromatic carbocycles. The van der Waals surface area contributed by atoms with E-state index in [-0.39, 0.29) is 17.3 Å². The normalized spacial score (nSPS) is 10.5. The van der Waals surface area contributed by atoms with E-state index in [0.717, 1.165) is 6.08 Å². The van der Waals surface area contributed by atoms with Crippen LogP contribution in [0.2, 0.25) is 0 Å². The molecule has 2 aromatic rings. The number of esters is 1. The van der Waals surface area contributed by atoms with E-state index >= 15 is 0 Å². The minimum Gasteiger partial charge on any atom is -0.504 e. The Balaban J connectivity index is 1.83. The highest BCUT2D eigenvalue weighted by Crippen LogP contribution is 2.26. The van der Waals surface area contributed by atoms with E-state index in [0.29, 0.717) is 5.56 Å². The Hall–Kier alpha value is -3.29. The van der Waals surface area contributed by atoms with Crippen molar-refractivity contribution >= 4 is 23.8 Å². The summed E-state index contributed by atoms with van der Waals surface area (Å²) in [4.78, 5) is 23.0. The van der Waals surface area contributed by atoms with Gasteiger partial charge >= 0.3 is 5.97 Å². The number of hydrogen-bond donors (Lipinski definition) is 2. The Morgan fingerprint density at radius 2 is 2.22 bits per heavy atom. The minimum atomic E-state index is -0.688. The first-order valence-corrected chi connectivity index (χ1v) is 6.50. The van der Waals surface area contributed by atoms with E-state index in [9.17, 15) is 14.7 Å². The molecule has 23 heavy (non-hydrogen) atoms. The first kappa shape index (κ1) is 16.1. The van der Waals surface area contributed by atoms with Crippen molar-refractivity contribution < 1.29 is 28.7 Å². The van der Waals surface area contributed by atoms with Crippen LogP contribution in [0.3, 0.4) is 0 Å². The SMILES string of the molecule is COc1cc(/C=C/C(=O)OCC(=O)Nc2ccon2)ccc1O. The molecule has 0 atom stereocenters. The number of carbonyl (C=O) groups is 2. The maximum Gasteiger partial charge on any atom is 0.331 e. The molecule has 0 aliphatic carbocycles. The van der Waals surface area contributed by atoms with Crippen LogP contribution in [0.4, 0.5) is 5.82 Å². The molecule has 0 radical (unpaired) electrons. The number of aromatic hydroxyl groups is 1. The molecule has 0 saturated heterocycles. The van der Waals surface area contributed by atoms with Gasteiger partial charge in [-0.25, -0.2) is 4.79 Å². The topological polar surface area (TPSA) is 111 Å². The third-order valence-electron chi connectivity index (χ3n) is 2.67. The fraction of sp³-hybridized carbons (Fsp3) is 0.133. The molecule has 0 aliphatic heterocycles. The maximum atomic E-state index is 11.5. The highest BCUT2D eigenvalue weighted by Gasteiger charge is 2.07. The van der Waals surface area contributed by atoms with Crippen LogP contribution in [0.1, 0.15) is 5.56 Å². The standard InChI is InChI=1S/C15H14N2O6/c1-21-12-8-10(2-4-11(12)18)3-5-15(20)22-9-14(19)16-13-6-7-23-17-13/h2-8,18H,9H2,1H3,(H,16,17,19)/b5-3+. The van der Waals surface area contributed by atoms with Gasteiger partial charge in [0.1, 0.15) is 6.26 Å². The highest BCUT2D eigenvalue weighted by molar-refractivity contribution is 5.94. The first-order valence-electron chi connectivity index (χ1n) is 6.50. The van der Waals surface area contributed by atoms with E-state index in [2.05, 4.69) is 15.0 Å². The zero-order valence-corrected chi connectivity index (χ0v) is 12.2. The van der Waals surface area contributed by atoms with Gasteiger partial charge in [-0.1, -0.05) is 11.2 Å². The Morgan fingerprint density at radius 1 is 1.39 bits per heavy atom. The predicted molar refractivity (Wildman–Crippen MR) is 79.8 cm³/mol. The van der Waals surface area contributed by atoms with E-state index in [1.807, 2.05) is 0 Å². The van der Waals surface area contributed by atoms with Crippen molar-refractivity contribution in [2.75, 3.05) is 19.0 Å². The summed E-state index contributed by atoms with van der Waals surface area (Å²) in [7, 11) is 1.42. The molecule has 0 aliphatic rings. The van der Waals surface area contributed by atoms with Gasteiger partial charge in [-0.3, -0.25) is 4.79 Å². The average molecular weight is 318 g/mol. The number of benzene rings is 1. The number of phenolic OH excluding ortho intramolecular Hbond substituents is 1. The van der Waals surface area contributed by atoms with E-state index in [1.165, 1.54) is 31.6 Å². The van der Waals surface area contributed by atoms with Crippen molar-refractivity contribution in [2.45, 2.75) is 0 Å². The molecule has 8 nitrogen and oxygen atoms in total. The second-order valence-electron chi connectivity index (χ2n) is 4.31. The molecule has 120 valence electrons. The molecule has 0 saturated carbocycles. The van der Waals surface area contributed by atoms with Crippen molar-refractivity contribution in [3.8, 4) is 11.5 Å². The number of amides is 1. The summed E-state index contributed by atoms with van der Waals surface area (Å²) >= 11 is 0. The number of anilines is 1. The van der Waals surface area contributed by atoms with Crippen LogP contribution in [0.5, 0.6) is 11.5 Å². The smallest absolute Gasteiger partial charge is 0.331 e. The summed E-state index contributed by atoms with van der Waals surface area (Å²) in [5, 5.41) is 15.3. The molecule has 8 heteroatoms. The van der Waals surface area contributed by atoms with Crippen LogP contribution in [0.15, 0.2) is 41.1 Å². The molecule has 1 amide bonds. The Labute approximate surface area is 131 Å². The average Bonchev–Trinajstić information content (AvgIpc) is 3.05. The molecule has 2 rings (SSSR count). The van der Waals surface area contributed by atoms with Gasteiger partial charge in [0.15, 0.2) is 23.9 Å². The zero-order valence-electron chi connectivity index (χ0n) is 12.2. The summed E-state index contributed by atoms with van der Waals surface area (Å²) in [6.45, 7) is -0.449. The lowest BCUT2D eigenvalue weighted by Crippen LogP contribution is -2.20. The summed E-state index contributed by atoms with van der Waals surface area (Å²) in [5.41, 5.74) is 0.628. The van der Waals surface area contributed by atoms with Gasteiger partial charge < -0.3 is 24.4 Å². The van der Waals surface area contributed by atoms with Crippen molar-refractivity contribution in [2.24, 2.45) is 0 Å². The van der Waals surface area contributed by atoms with Gasteiger partial charge in [-0.15, -0.1) is 0 Å². The maximum absolute atomic E-state index is 11.5. The van der Waals surface area contributed by atoms with Gasteiger partial charge in [0.2, 0.25) is 0 Å².